The summed E-state index contributed by atoms with van der Waals surface area (Å²) in [4.78, 5) is 28.5. The molecule has 0 spiro atoms. The van der Waals surface area contributed by atoms with Crippen molar-refractivity contribution in [3.8, 4) is 11.8 Å². The maximum Gasteiger partial charge on any atom is 0.319 e. The van der Waals surface area contributed by atoms with Gasteiger partial charge in [0.2, 0.25) is 0 Å². The number of fused-ring (bicyclic) bond motifs is 1. The number of nitrogens with zero attached hydrogens (tertiary/aromatic N) is 5. The summed E-state index contributed by atoms with van der Waals surface area (Å²) < 4.78 is 17.1. The van der Waals surface area contributed by atoms with E-state index in [1.54, 1.807) is 19.4 Å². The molecule has 2 saturated heterocycles. The molecule has 2 aliphatic heterocycles. The first kappa shape index (κ1) is 24.8. The highest BCUT2D eigenvalue weighted by molar-refractivity contribution is 5.93. The van der Waals surface area contributed by atoms with E-state index in [1.165, 1.54) is 0 Å². The van der Waals surface area contributed by atoms with Gasteiger partial charge in [0.05, 0.1) is 36.4 Å². The summed E-state index contributed by atoms with van der Waals surface area (Å²) in [6.07, 6.45) is 6.31. The topological polar surface area (TPSA) is 148 Å². The molecule has 1 amide bonds. The van der Waals surface area contributed by atoms with Gasteiger partial charge in [-0.2, -0.15) is 15.1 Å². The number of H-pyrrole nitrogens is 1. The minimum atomic E-state index is -0.512. The van der Waals surface area contributed by atoms with Gasteiger partial charge in [0.15, 0.2) is 5.65 Å². The zero-order valence-electron chi connectivity index (χ0n) is 21.4. The molecule has 202 valence electrons. The average molecular weight is 524 g/mol. The molecule has 1 saturated carbocycles. The smallest absolute Gasteiger partial charge is 0.319 e. The number of aliphatic hydroxyl groups is 1. The van der Waals surface area contributed by atoms with Crippen LogP contribution in [0, 0.1) is 0 Å². The summed E-state index contributed by atoms with van der Waals surface area (Å²) in [5.74, 6) is 1.33. The first-order valence-corrected chi connectivity index (χ1v) is 13.3. The van der Waals surface area contributed by atoms with E-state index in [1.807, 2.05) is 6.07 Å². The second-order valence-corrected chi connectivity index (χ2v) is 10.2. The lowest BCUT2D eigenvalue weighted by molar-refractivity contribution is 0.0444. The van der Waals surface area contributed by atoms with Gasteiger partial charge >= 0.3 is 6.01 Å². The first-order valence-electron chi connectivity index (χ1n) is 13.3. The number of aliphatic hydroxyl groups excluding tert-OH is 1. The molecule has 3 aromatic rings. The molecule has 38 heavy (non-hydrogen) atoms. The van der Waals surface area contributed by atoms with Crippen molar-refractivity contribution >= 4 is 22.8 Å². The van der Waals surface area contributed by atoms with Crippen LogP contribution in [0.4, 0.5) is 5.82 Å². The number of methoxy groups -OCH3 is 1. The van der Waals surface area contributed by atoms with Crippen LogP contribution >= 0.6 is 0 Å². The minimum absolute atomic E-state index is 0.0103. The van der Waals surface area contributed by atoms with Gasteiger partial charge in [-0.3, -0.25) is 9.89 Å². The largest absolute Gasteiger partial charge is 0.496 e. The monoisotopic (exact) mass is 523 g/mol. The van der Waals surface area contributed by atoms with Crippen molar-refractivity contribution < 1.29 is 24.1 Å². The predicted octanol–water partition coefficient (Wildman–Crippen LogP) is 1.95. The van der Waals surface area contributed by atoms with Crippen LogP contribution in [0.2, 0.25) is 0 Å². The number of anilines is 1. The van der Waals surface area contributed by atoms with Crippen LogP contribution in [0.5, 0.6) is 11.8 Å². The Morgan fingerprint density at radius 1 is 1.24 bits per heavy atom. The van der Waals surface area contributed by atoms with Gasteiger partial charge in [-0.15, -0.1) is 0 Å². The SMILES string of the molecule is COc1ccnc2n[nH]c(C3CCN(c4cc(C(=O)N[C@@H]5CC[C@H]5O)nc(OC[C@H]5CCCO5)n4)CC3)c12. The van der Waals surface area contributed by atoms with Gasteiger partial charge in [-0.05, 0) is 44.6 Å². The number of amides is 1. The van der Waals surface area contributed by atoms with Gasteiger partial charge in [-0.1, -0.05) is 0 Å². The van der Waals surface area contributed by atoms with Crippen LogP contribution in [0.3, 0.4) is 0 Å². The Hall–Kier alpha value is -3.51. The molecule has 12 nitrogen and oxygen atoms in total. The van der Waals surface area contributed by atoms with E-state index < -0.39 is 6.10 Å². The zero-order chi connectivity index (χ0) is 26.1. The van der Waals surface area contributed by atoms with Crippen LogP contribution in [0.25, 0.3) is 11.0 Å². The lowest BCUT2D eigenvalue weighted by atomic mass is 9.89. The van der Waals surface area contributed by atoms with E-state index in [9.17, 15) is 9.90 Å². The predicted molar refractivity (Wildman–Crippen MR) is 138 cm³/mol. The molecule has 3 atom stereocenters. The fourth-order valence-corrected chi connectivity index (χ4v) is 5.40. The summed E-state index contributed by atoms with van der Waals surface area (Å²) in [5, 5.41) is 21.3. The Balaban J connectivity index is 1.19. The standard InChI is InChI=1S/C26H33N7O5/c1-36-20-6-9-27-24-22(20)23(31-32-24)15-7-10-33(11-8-15)21-13-18(25(35)28-17-4-5-19(17)34)29-26(30-21)38-14-16-3-2-12-37-16/h6,9,13,15-17,19,34H,2-5,7-8,10-12,14H2,1H3,(H,28,35)(H,27,31,32)/t16-,17-,19-/m1/s1. The number of piperidine rings is 1. The number of carbonyl (C=O) groups is 1. The Labute approximate surface area is 220 Å². The maximum atomic E-state index is 13.0. The summed E-state index contributed by atoms with van der Waals surface area (Å²) in [5.41, 5.74) is 1.92. The number of hydrogen-bond acceptors (Lipinski definition) is 10. The molecule has 6 rings (SSSR count). The second kappa shape index (κ2) is 10.7. The highest BCUT2D eigenvalue weighted by atomic mass is 16.5. The zero-order valence-corrected chi connectivity index (χ0v) is 21.4. The van der Waals surface area contributed by atoms with Crippen LogP contribution < -0.4 is 19.7 Å². The third-order valence-corrected chi connectivity index (χ3v) is 7.79. The highest BCUT2D eigenvalue weighted by Gasteiger charge is 2.32. The van der Waals surface area contributed by atoms with Gasteiger partial charge in [0, 0.05) is 37.9 Å². The highest BCUT2D eigenvalue weighted by Crippen LogP contribution is 2.36. The summed E-state index contributed by atoms with van der Waals surface area (Å²) >= 11 is 0. The number of aromatic amines is 1. The van der Waals surface area contributed by atoms with Crippen molar-refractivity contribution in [1.82, 2.24) is 30.5 Å². The van der Waals surface area contributed by atoms with Crippen LogP contribution in [0.1, 0.15) is 60.6 Å². The number of ether oxygens (including phenoxy) is 3. The number of pyridine rings is 1. The summed E-state index contributed by atoms with van der Waals surface area (Å²) in [6.45, 7) is 2.54. The van der Waals surface area contributed by atoms with Crippen molar-refractivity contribution in [3.05, 3.63) is 29.7 Å². The molecule has 12 heteroatoms. The molecule has 3 fully saturated rings. The minimum Gasteiger partial charge on any atom is -0.496 e. The molecule has 0 aromatic carbocycles. The van der Waals surface area contributed by atoms with E-state index in [0.29, 0.717) is 24.5 Å². The molecular formula is C26H33N7O5. The normalized spacial score (nSPS) is 23.8. The van der Waals surface area contributed by atoms with Crippen molar-refractivity contribution in [2.75, 3.05) is 38.3 Å². The summed E-state index contributed by atoms with van der Waals surface area (Å²) in [6, 6.07) is 3.47. The lowest BCUT2D eigenvalue weighted by Gasteiger charge is -2.33. The van der Waals surface area contributed by atoms with E-state index in [0.717, 1.165) is 68.6 Å². The van der Waals surface area contributed by atoms with Crippen molar-refractivity contribution in [2.24, 2.45) is 0 Å². The number of hydrogen-bond donors (Lipinski definition) is 3. The molecule has 0 unspecified atom stereocenters. The summed E-state index contributed by atoms with van der Waals surface area (Å²) in [7, 11) is 1.65. The average Bonchev–Trinajstić information content (AvgIpc) is 3.64. The van der Waals surface area contributed by atoms with Gasteiger partial charge in [0.25, 0.3) is 5.91 Å². The first-order chi connectivity index (χ1) is 18.6. The number of carbonyl (C=O) groups excluding carboxylic acids is 1. The third-order valence-electron chi connectivity index (χ3n) is 7.79. The molecule has 0 radical (unpaired) electrons. The second-order valence-electron chi connectivity index (χ2n) is 10.2. The molecular weight excluding hydrogens is 490 g/mol. The van der Waals surface area contributed by atoms with Crippen molar-refractivity contribution in [1.29, 1.82) is 0 Å². The van der Waals surface area contributed by atoms with Crippen molar-refractivity contribution in [2.45, 2.75) is 62.7 Å². The van der Waals surface area contributed by atoms with Crippen LogP contribution in [-0.4, -0.2) is 87.8 Å². The Morgan fingerprint density at radius 3 is 2.82 bits per heavy atom. The van der Waals surface area contributed by atoms with Crippen molar-refractivity contribution in [3.63, 3.8) is 0 Å². The third kappa shape index (κ3) is 4.97. The van der Waals surface area contributed by atoms with Crippen LogP contribution in [-0.2, 0) is 4.74 Å². The van der Waals surface area contributed by atoms with Gasteiger partial charge < -0.3 is 29.5 Å². The fourth-order valence-electron chi connectivity index (χ4n) is 5.40. The quantitative estimate of drug-likeness (QED) is 0.400. The van der Waals surface area contributed by atoms with E-state index >= 15 is 0 Å². The molecule has 3 aromatic heterocycles. The van der Waals surface area contributed by atoms with E-state index in [-0.39, 0.29) is 35.7 Å². The lowest BCUT2D eigenvalue weighted by Crippen LogP contribution is -2.50. The van der Waals surface area contributed by atoms with E-state index in [2.05, 4.69) is 35.4 Å². The molecule has 5 heterocycles. The molecule has 0 bridgehead atoms. The maximum absolute atomic E-state index is 13.0. The number of rotatable bonds is 8. The van der Waals surface area contributed by atoms with Gasteiger partial charge in [0.1, 0.15) is 23.9 Å². The molecule has 3 aliphatic rings. The molecule has 1 aliphatic carbocycles. The Kier molecular flexibility index (Phi) is 6.98. The number of aromatic nitrogens is 5. The fraction of sp³-hybridized carbons (Fsp3) is 0.577. The van der Waals surface area contributed by atoms with Crippen LogP contribution in [0.15, 0.2) is 18.3 Å². The number of nitrogens with one attached hydrogen (secondary N) is 2. The van der Waals surface area contributed by atoms with E-state index in [4.69, 9.17) is 14.2 Å². The Morgan fingerprint density at radius 2 is 2.11 bits per heavy atom. The molecule has 3 N–H and O–H groups in total. The Bertz CT molecular complexity index is 1290. The van der Waals surface area contributed by atoms with Gasteiger partial charge in [-0.25, -0.2) is 4.98 Å².